The first kappa shape index (κ1) is 13.9. The maximum Gasteiger partial charge on any atom is 0.259 e. The summed E-state index contributed by atoms with van der Waals surface area (Å²) < 4.78 is 13.1. The highest BCUT2D eigenvalue weighted by Gasteiger charge is 2.26. The molecule has 0 bridgehead atoms. The lowest BCUT2D eigenvalue weighted by Gasteiger charge is -2.30. The molecule has 3 nitrogen and oxygen atoms in total. The molecule has 1 aliphatic rings. The zero-order valence-electron chi connectivity index (χ0n) is 11.3. The second kappa shape index (κ2) is 5.37. The molecule has 21 heavy (non-hydrogen) atoms. The van der Waals surface area contributed by atoms with Gasteiger partial charge in [-0.15, -0.1) is 0 Å². The minimum Gasteiger partial charge on any atom is -0.398 e. The molecule has 108 valence electrons. The van der Waals surface area contributed by atoms with Crippen LogP contribution in [0.2, 0.25) is 5.02 Å². The van der Waals surface area contributed by atoms with Crippen LogP contribution in [-0.2, 0) is 6.42 Å². The van der Waals surface area contributed by atoms with E-state index in [-0.39, 0.29) is 10.9 Å². The number of halogens is 2. The highest BCUT2D eigenvalue weighted by molar-refractivity contribution is 6.34. The summed E-state index contributed by atoms with van der Waals surface area (Å²) in [6.07, 6.45) is 1.69. The van der Waals surface area contributed by atoms with Crippen LogP contribution in [0.15, 0.2) is 36.4 Å². The second-order valence-electron chi connectivity index (χ2n) is 5.03. The average Bonchev–Trinajstić information content (AvgIpc) is 2.46. The number of rotatable bonds is 1. The molecular weight excluding hydrogens is 291 g/mol. The van der Waals surface area contributed by atoms with Gasteiger partial charge in [-0.05, 0) is 48.7 Å². The number of hydrogen-bond donors (Lipinski definition) is 1. The summed E-state index contributed by atoms with van der Waals surface area (Å²) in [5.74, 6) is -0.689. The number of amides is 1. The largest absolute Gasteiger partial charge is 0.398 e. The molecule has 0 radical (unpaired) electrons. The molecule has 0 spiro atoms. The predicted octanol–water partition coefficient (Wildman–Crippen LogP) is 3.65. The number of nitrogens with zero attached hydrogens (tertiary/aromatic N) is 1. The maximum atomic E-state index is 13.1. The number of nitrogens with two attached hydrogens (primary N) is 1. The van der Waals surface area contributed by atoms with E-state index in [1.165, 1.54) is 12.1 Å². The van der Waals surface area contributed by atoms with Gasteiger partial charge in [0.15, 0.2) is 0 Å². The summed E-state index contributed by atoms with van der Waals surface area (Å²) in [6, 6.07) is 9.34. The fourth-order valence-corrected chi connectivity index (χ4v) is 2.92. The topological polar surface area (TPSA) is 46.3 Å². The molecule has 5 heteroatoms. The smallest absolute Gasteiger partial charge is 0.259 e. The molecule has 0 atom stereocenters. The lowest BCUT2D eigenvalue weighted by molar-refractivity contribution is 0.0985. The maximum absolute atomic E-state index is 13.1. The lowest BCUT2D eigenvalue weighted by atomic mass is 9.99. The van der Waals surface area contributed by atoms with E-state index in [1.54, 1.807) is 4.90 Å². The van der Waals surface area contributed by atoms with Gasteiger partial charge >= 0.3 is 0 Å². The summed E-state index contributed by atoms with van der Waals surface area (Å²) in [4.78, 5) is 14.3. The van der Waals surface area contributed by atoms with Crippen molar-refractivity contribution in [3.05, 3.63) is 58.4 Å². The van der Waals surface area contributed by atoms with Crippen LogP contribution in [0.1, 0.15) is 22.3 Å². The molecule has 1 aliphatic heterocycles. The molecule has 1 amide bonds. The number of carbonyl (C=O) groups excluding carboxylic acids is 1. The molecule has 2 N–H and O–H groups in total. The van der Waals surface area contributed by atoms with Crippen LogP contribution in [0.25, 0.3) is 0 Å². The summed E-state index contributed by atoms with van der Waals surface area (Å²) in [5, 5.41) is 0.121. The number of hydrogen-bond acceptors (Lipinski definition) is 2. The molecule has 2 aromatic rings. The van der Waals surface area contributed by atoms with Gasteiger partial charge in [-0.1, -0.05) is 17.7 Å². The Bertz CT molecular complexity index is 717. The van der Waals surface area contributed by atoms with Crippen LogP contribution in [0, 0.1) is 5.82 Å². The van der Waals surface area contributed by atoms with Crippen molar-refractivity contribution in [2.24, 2.45) is 0 Å². The molecule has 0 aromatic heterocycles. The Morgan fingerprint density at radius 1 is 1.29 bits per heavy atom. The van der Waals surface area contributed by atoms with Crippen molar-refractivity contribution in [1.82, 2.24) is 0 Å². The Kier molecular flexibility index (Phi) is 3.55. The highest BCUT2D eigenvalue weighted by Crippen LogP contribution is 2.33. The number of carbonyl (C=O) groups is 1. The summed E-state index contributed by atoms with van der Waals surface area (Å²) in [7, 11) is 0. The zero-order valence-corrected chi connectivity index (χ0v) is 12.0. The van der Waals surface area contributed by atoms with Crippen LogP contribution < -0.4 is 10.6 Å². The summed E-state index contributed by atoms with van der Waals surface area (Å²) >= 11 is 5.99. The van der Waals surface area contributed by atoms with E-state index in [2.05, 4.69) is 0 Å². The molecule has 0 aliphatic carbocycles. The normalized spacial score (nSPS) is 13.9. The van der Waals surface area contributed by atoms with Crippen LogP contribution in [0.3, 0.4) is 0 Å². The Balaban J connectivity index is 2.02. The fourth-order valence-electron chi connectivity index (χ4n) is 2.67. The Morgan fingerprint density at radius 2 is 2.10 bits per heavy atom. The molecule has 0 fully saturated rings. The van der Waals surface area contributed by atoms with Gasteiger partial charge in [0.2, 0.25) is 0 Å². The van der Waals surface area contributed by atoms with Crippen molar-refractivity contribution in [2.45, 2.75) is 12.8 Å². The summed E-state index contributed by atoms with van der Waals surface area (Å²) in [5.41, 5.74) is 8.76. The monoisotopic (exact) mass is 304 g/mol. The van der Waals surface area contributed by atoms with Gasteiger partial charge in [-0.2, -0.15) is 0 Å². The van der Waals surface area contributed by atoms with E-state index >= 15 is 0 Å². The molecule has 0 saturated carbocycles. The molecule has 2 aromatic carbocycles. The van der Waals surface area contributed by atoms with Crippen LogP contribution in [0.5, 0.6) is 0 Å². The number of fused-ring (bicyclic) bond motifs is 1. The van der Waals surface area contributed by atoms with Gasteiger partial charge in [0.25, 0.3) is 5.91 Å². The zero-order chi connectivity index (χ0) is 15.0. The van der Waals surface area contributed by atoms with Crippen LogP contribution >= 0.6 is 11.6 Å². The number of nitrogen functional groups attached to an aromatic ring is 1. The van der Waals surface area contributed by atoms with Gasteiger partial charge in [-0.25, -0.2) is 4.39 Å². The molecule has 0 saturated heterocycles. The first-order chi connectivity index (χ1) is 10.1. The minimum absolute atomic E-state index is 0.121. The third-order valence-electron chi connectivity index (χ3n) is 3.69. The first-order valence-corrected chi connectivity index (χ1v) is 7.10. The van der Waals surface area contributed by atoms with Crippen molar-refractivity contribution in [3.8, 4) is 0 Å². The minimum atomic E-state index is -0.458. The second-order valence-corrected chi connectivity index (χ2v) is 5.44. The van der Waals surface area contributed by atoms with E-state index < -0.39 is 5.82 Å². The summed E-state index contributed by atoms with van der Waals surface area (Å²) in [6.45, 7) is 0.600. The SMILES string of the molecule is Nc1cccc2c1CCCN2C(=O)c1ccc(F)cc1Cl. The molecule has 0 unspecified atom stereocenters. The van der Waals surface area contributed by atoms with Crippen molar-refractivity contribution in [3.63, 3.8) is 0 Å². The van der Waals surface area contributed by atoms with Gasteiger partial charge < -0.3 is 10.6 Å². The van der Waals surface area contributed by atoms with E-state index in [4.69, 9.17) is 17.3 Å². The van der Waals surface area contributed by atoms with E-state index in [9.17, 15) is 9.18 Å². The van der Waals surface area contributed by atoms with Crippen LogP contribution in [0.4, 0.5) is 15.8 Å². The molecule has 3 rings (SSSR count). The third kappa shape index (κ3) is 2.47. The third-order valence-corrected chi connectivity index (χ3v) is 4.01. The van der Waals surface area contributed by atoms with Gasteiger partial charge in [0.05, 0.1) is 10.6 Å². The first-order valence-electron chi connectivity index (χ1n) is 6.72. The number of anilines is 2. The average molecular weight is 305 g/mol. The standard InChI is InChI=1S/C16H14ClFN2O/c17-13-9-10(18)6-7-11(13)16(21)20-8-2-3-12-14(19)4-1-5-15(12)20/h1,4-7,9H,2-3,8,19H2. The molecule has 1 heterocycles. The van der Waals surface area contributed by atoms with Crippen molar-refractivity contribution < 1.29 is 9.18 Å². The Hall–Kier alpha value is -2.07. The quantitative estimate of drug-likeness (QED) is 0.817. The lowest BCUT2D eigenvalue weighted by Crippen LogP contribution is -2.35. The fraction of sp³-hybridized carbons (Fsp3) is 0.188. The van der Waals surface area contributed by atoms with Gasteiger partial charge in [0, 0.05) is 17.9 Å². The van der Waals surface area contributed by atoms with Crippen molar-refractivity contribution in [1.29, 1.82) is 0 Å². The Morgan fingerprint density at radius 3 is 2.86 bits per heavy atom. The van der Waals surface area contributed by atoms with E-state index in [1.807, 2.05) is 18.2 Å². The van der Waals surface area contributed by atoms with Crippen molar-refractivity contribution >= 4 is 28.9 Å². The van der Waals surface area contributed by atoms with Gasteiger partial charge in [0.1, 0.15) is 5.82 Å². The predicted molar refractivity (Wildman–Crippen MR) is 82.3 cm³/mol. The van der Waals surface area contributed by atoms with E-state index in [0.29, 0.717) is 17.8 Å². The van der Waals surface area contributed by atoms with Crippen LogP contribution in [-0.4, -0.2) is 12.5 Å². The van der Waals surface area contributed by atoms with Gasteiger partial charge in [-0.3, -0.25) is 4.79 Å². The highest BCUT2D eigenvalue weighted by atomic mass is 35.5. The van der Waals surface area contributed by atoms with E-state index in [0.717, 1.165) is 30.2 Å². The number of benzene rings is 2. The van der Waals surface area contributed by atoms with Crippen molar-refractivity contribution in [2.75, 3.05) is 17.2 Å². The Labute approximate surface area is 127 Å². The molecular formula is C16H14ClFN2O.